The molecule has 3 heterocycles. The van der Waals surface area contributed by atoms with Gasteiger partial charge in [-0.1, -0.05) is 19.9 Å². The van der Waals surface area contributed by atoms with Gasteiger partial charge in [0.2, 0.25) is 0 Å². The summed E-state index contributed by atoms with van der Waals surface area (Å²) in [5.41, 5.74) is 3.07. The van der Waals surface area contributed by atoms with Gasteiger partial charge in [0, 0.05) is 25.2 Å². The normalized spacial score (nSPS) is 30.5. The van der Waals surface area contributed by atoms with E-state index in [4.69, 9.17) is 4.74 Å². The van der Waals surface area contributed by atoms with Gasteiger partial charge in [-0.15, -0.1) is 0 Å². The van der Waals surface area contributed by atoms with Gasteiger partial charge in [0.15, 0.2) is 0 Å². The lowest BCUT2D eigenvalue weighted by Gasteiger charge is -2.49. The van der Waals surface area contributed by atoms with Crippen LogP contribution in [0, 0.1) is 11.8 Å². The Kier molecular flexibility index (Phi) is 4.33. The minimum absolute atomic E-state index is 0.578. The second-order valence-electron chi connectivity index (χ2n) is 8.02. The predicted octanol–water partition coefficient (Wildman–Crippen LogP) is 3.39. The molecule has 3 heteroatoms. The highest BCUT2D eigenvalue weighted by molar-refractivity contribution is 5.39. The molecule has 0 saturated carbocycles. The Balaban J connectivity index is 1.52. The molecule has 23 heavy (non-hydrogen) atoms. The summed E-state index contributed by atoms with van der Waals surface area (Å²) in [7, 11) is 0. The van der Waals surface area contributed by atoms with E-state index in [2.05, 4.69) is 42.3 Å². The first-order valence-corrected chi connectivity index (χ1v) is 9.44. The van der Waals surface area contributed by atoms with Crippen LogP contribution in [0.2, 0.25) is 0 Å². The zero-order chi connectivity index (χ0) is 15.8. The van der Waals surface area contributed by atoms with Gasteiger partial charge in [0.05, 0.1) is 6.61 Å². The molecule has 1 aromatic rings. The van der Waals surface area contributed by atoms with Crippen molar-refractivity contribution < 1.29 is 4.74 Å². The fourth-order valence-corrected chi connectivity index (χ4v) is 4.64. The van der Waals surface area contributed by atoms with Crippen LogP contribution in [0.3, 0.4) is 0 Å². The van der Waals surface area contributed by atoms with E-state index in [1.165, 1.54) is 50.9 Å². The second kappa shape index (κ2) is 6.45. The summed E-state index contributed by atoms with van der Waals surface area (Å²) in [5, 5.41) is 3.78. The summed E-state index contributed by atoms with van der Waals surface area (Å²) in [6.07, 6.45) is 5.22. The molecule has 3 atom stereocenters. The highest BCUT2D eigenvalue weighted by atomic mass is 16.5. The van der Waals surface area contributed by atoms with Crippen LogP contribution in [0.25, 0.3) is 0 Å². The Bertz CT molecular complexity index is 557. The highest BCUT2D eigenvalue weighted by Crippen LogP contribution is 2.41. The number of benzene rings is 1. The van der Waals surface area contributed by atoms with Crippen molar-refractivity contribution in [3.05, 3.63) is 29.3 Å². The molecule has 1 aromatic carbocycles. The van der Waals surface area contributed by atoms with Gasteiger partial charge in [-0.3, -0.25) is 4.90 Å². The van der Waals surface area contributed by atoms with Gasteiger partial charge in [-0.2, -0.15) is 0 Å². The molecule has 3 aliphatic rings. The molecule has 2 saturated heterocycles. The topological polar surface area (TPSA) is 24.5 Å². The number of fused-ring (bicyclic) bond motifs is 4. The maximum absolute atomic E-state index is 5.93. The molecular weight excluding hydrogens is 284 g/mol. The molecule has 3 aliphatic heterocycles. The predicted molar refractivity (Wildman–Crippen MR) is 93.9 cm³/mol. The van der Waals surface area contributed by atoms with Crippen molar-refractivity contribution in [2.24, 2.45) is 11.8 Å². The van der Waals surface area contributed by atoms with Crippen molar-refractivity contribution in [1.82, 2.24) is 10.2 Å². The highest BCUT2D eigenvalue weighted by Gasteiger charge is 2.39. The first kappa shape index (κ1) is 15.5. The van der Waals surface area contributed by atoms with Crippen LogP contribution < -0.4 is 10.1 Å². The van der Waals surface area contributed by atoms with E-state index < -0.39 is 0 Å². The van der Waals surface area contributed by atoms with Gasteiger partial charge < -0.3 is 10.1 Å². The van der Waals surface area contributed by atoms with Crippen LogP contribution in [-0.4, -0.2) is 37.2 Å². The van der Waals surface area contributed by atoms with Gasteiger partial charge in [-0.05, 0) is 67.3 Å². The Hall–Kier alpha value is -1.06. The average molecular weight is 314 g/mol. The summed E-state index contributed by atoms with van der Waals surface area (Å²) in [4.78, 5) is 2.74. The summed E-state index contributed by atoms with van der Waals surface area (Å²) < 4.78 is 5.93. The van der Waals surface area contributed by atoms with E-state index in [0.717, 1.165) is 24.3 Å². The molecule has 0 aromatic heterocycles. The minimum Gasteiger partial charge on any atom is -0.493 e. The number of ether oxygens (including phenoxy) is 1. The number of hydrogen-bond acceptors (Lipinski definition) is 3. The van der Waals surface area contributed by atoms with Crippen molar-refractivity contribution in [3.63, 3.8) is 0 Å². The van der Waals surface area contributed by atoms with E-state index in [0.29, 0.717) is 12.0 Å². The molecule has 3 nitrogen and oxygen atoms in total. The van der Waals surface area contributed by atoms with Crippen molar-refractivity contribution >= 4 is 0 Å². The molecule has 0 bridgehead atoms. The molecule has 2 fully saturated rings. The third kappa shape index (κ3) is 3.14. The van der Waals surface area contributed by atoms with Crippen LogP contribution in [0.15, 0.2) is 18.2 Å². The van der Waals surface area contributed by atoms with Crippen LogP contribution in [0.4, 0.5) is 0 Å². The van der Waals surface area contributed by atoms with Crippen LogP contribution in [0.5, 0.6) is 5.75 Å². The van der Waals surface area contributed by atoms with Gasteiger partial charge >= 0.3 is 0 Å². The number of nitrogens with zero attached hydrogens (tertiary/aromatic N) is 1. The van der Waals surface area contributed by atoms with Gasteiger partial charge in [0.1, 0.15) is 5.75 Å². The number of nitrogens with one attached hydrogen (secondary N) is 1. The lowest BCUT2D eigenvalue weighted by molar-refractivity contribution is 0.0551. The summed E-state index contributed by atoms with van der Waals surface area (Å²) in [6, 6.07) is 8.17. The maximum Gasteiger partial charge on any atom is 0.119 e. The summed E-state index contributed by atoms with van der Waals surface area (Å²) in [6.45, 7) is 8.92. The lowest BCUT2D eigenvalue weighted by atomic mass is 9.77. The Morgan fingerprint density at radius 3 is 3.13 bits per heavy atom. The molecule has 1 N–H and O–H groups in total. The summed E-state index contributed by atoms with van der Waals surface area (Å²) >= 11 is 0. The first-order valence-electron chi connectivity index (χ1n) is 9.44. The summed E-state index contributed by atoms with van der Waals surface area (Å²) in [5.74, 6) is 2.50. The third-order valence-electron chi connectivity index (χ3n) is 5.84. The van der Waals surface area contributed by atoms with Crippen molar-refractivity contribution in [1.29, 1.82) is 0 Å². The second-order valence-corrected chi connectivity index (χ2v) is 8.02. The van der Waals surface area contributed by atoms with Crippen molar-refractivity contribution in [3.8, 4) is 5.75 Å². The number of piperidine rings is 2. The molecule has 0 unspecified atom stereocenters. The van der Waals surface area contributed by atoms with E-state index in [1.54, 1.807) is 5.56 Å². The lowest BCUT2D eigenvalue weighted by Crippen LogP contribution is -2.54. The maximum atomic E-state index is 5.93. The SMILES string of the molecule is CC(C)COc1ccc2c(c1)CCN1C[C@@H]3CCCN[C@@H]3C[C@H]21. The quantitative estimate of drug-likeness (QED) is 0.925. The number of hydrogen-bond donors (Lipinski definition) is 1. The molecule has 0 spiro atoms. The number of rotatable bonds is 3. The standard InChI is InChI=1S/C20H30N2O/c1-14(2)13-23-17-5-6-18-15(10-17)7-9-22-12-16-4-3-8-21-19(16)11-20(18)22/h5-6,10,14,16,19-21H,3-4,7-9,11-13H2,1-2H3/t16-,19+,20+/m0/s1. The first-order chi connectivity index (χ1) is 11.2. The Morgan fingerprint density at radius 2 is 2.26 bits per heavy atom. The Morgan fingerprint density at radius 1 is 1.35 bits per heavy atom. The molecule has 0 radical (unpaired) electrons. The molecule has 0 amide bonds. The smallest absolute Gasteiger partial charge is 0.119 e. The van der Waals surface area contributed by atoms with E-state index in [-0.39, 0.29) is 0 Å². The van der Waals surface area contributed by atoms with Gasteiger partial charge in [0.25, 0.3) is 0 Å². The van der Waals surface area contributed by atoms with E-state index >= 15 is 0 Å². The van der Waals surface area contributed by atoms with E-state index in [1.807, 2.05) is 0 Å². The van der Waals surface area contributed by atoms with Crippen LogP contribution in [-0.2, 0) is 6.42 Å². The van der Waals surface area contributed by atoms with Crippen molar-refractivity contribution in [2.75, 3.05) is 26.2 Å². The van der Waals surface area contributed by atoms with Gasteiger partial charge in [-0.25, -0.2) is 0 Å². The van der Waals surface area contributed by atoms with E-state index in [9.17, 15) is 0 Å². The zero-order valence-corrected chi connectivity index (χ0v) is 14.6. The molecule has 4 rings (SSSR count). The third-order valence-corrected chi connectivity index (χ3v) is 5.84. The van der Waals surface area contributed by atoms with Crippen molar-refractivity contribution in [2.45, 2.75) is 51.6 Å². The monoisotopic (exact) mass is 314 g/mol. The molecular formula is C20H30N2O. The largest absolute Gasteiger partial charge is 0.493 e. The minimum atomic E-state index is 0.578. The molecule has 0 aliphatic carbocycles. The average Bonchev–Trinajstić information content (AvgIpc) is 2.58. The zero-order valence-electron chi connectivity index (χ0n) is 14.6. The molecule has 126 valence electrons. The van der Waals surface area contributed by atoms with Crippen LogP contribution >= 0.6 is 0 Å². The fraction of sp³-hybridized carbons (Fsp3) is 0.700. The fourth-order valence-electron chi connectivity index (χ4n) is 4.64. The van der Waals surface area contributed by atoms with Crippen LogP contribution in [0.1, 0.15) is 50.3 Å². The Labute approximate surface area is 140 Å².